The highest BCUT2D eigenvalue weighted by atomic mass is 32.2. The van der Waals surface area contributed by atoms with Crippen LogP contribution >= 0.6 is 0 Å². The molecule has 1 amide bonds. The minimum Gasteiger partial charge on any atom is -0.338 e. The van der Waals surface area contributed by atoms with E-state index in [4.69, 9.17) is 5.26 Å². The van der Waals surface area contributed by atoms with Crippen LogP contribution in [0.15, 0.2) is 41.4 Å². The van der Waals surface area contributed by atoms with Crippen LogP contribution in [0.4, 0.5) is 13.2 Å². The summed E-state index contributed by atoms with van der Waals surface area (Å²) >= 11 is 0. The molecule has 4 rings (SSSR count). The molecule has 0 radical (unpaired) electrons. The summed E-state index contributed by atoms with van der Waals surface area (Å²) in [5, 5.41) is 10.7. The number of benzene rings is 1. The average Bonchev–Trinajstić information content (AvgIpc) is 3.34. The zero-order valence-corrected chi connectivity index (χ0v) is 18.6. The van der Waals surface area contributed by atoms with Crippen LogP contribution < -0.4 is 5.32 Å². The first kappa shape index (κ1) is 23.2. The Labute approximate surface area is 189 Å². The number of nitrogens with one attached hydrogen (secondary N) is 1. The van der Waals surface area contributed by atoms with Crippen LogP contribution in [0.5, 0.6) is 0 Å². The monoisotopic (exact) mass is 477 g/mol. The van der Waals surface area contributed by atoms with Gasteiger partial charge in [-0.3, -0.25) is 9.78 Å². The topological polar surface area (TPSA) is 99.9 Å². The lowest BCUT2D eigenvalue weighted by Gasteiger charge is -2.19. The number of carbonyl (C=O) groups is 1. The SMILES string of the molecule is Cc1cc(-c2ccc(S(=O)(=O)[C@@H]3CC[C@@H](C(=O)NC4(C#N)CC4)C3)c(C(F)(F)F)c2)ccn1. The van der Waals surface area contributed by atoms with Gasteiger partial charge in [0.15, 0.2) is 9.84 Å². The van der Waals surface area contributed by atoms with Crippen LogP contribution in [0.25, 0.3) is 11.1 Å². The van der Waals surface area contributed by atoms with Gasteiger partial charge in [-0.25, -0.2) is 8.42 Å². The molecule has 0 bridgehead atoms. The van der Waals surface area contributed by atoms with Crippen LogP contribution in [0, 0.1) is 24.2 Å². The van der Waals surface area contributed by atoms with Crippen LogP contribution in [0.3, 0.4) is 0 Å². The number of pyridine rings is 1. The lowest BCUT2D eigenvalue weighted by Crippen LogP contribution is -2.39. The molecule has 2 aliphatic rings. The van der Waals surface area contributed by atoms with Crippen molar-refractivity contribution in [3.05, 3.63) is 47.8 Å². The number of nitriles is 1. The van der Waals surface area contributed by atoms with Gasteiger partial charge in [0.25, 0.3) is 0 Å². The summed E-state index contributed by atoms with van der Waals surface area (Å²) in [7, 11) is -4.34. The van der Waals surface area contributed by atoms with Crippen molar-refractivity contribution in [2.45, 2.75) is 60.9 Å². The Hall–Kier alpha value is -2.93. The number of halogens is 3. The van der Waals surface area contributed by atoms with Gasteiger partial charge in [-0.05, 0) is 74.4 Å². The summed E-state index contributed by atoms with van der Waals surface area (Å²) in [5.41, 5.74) is -0.734. The van der Waals surface area contributed by atoms with Crippen molar-refractivity contribution in [3.63, 3.8) is 0 Å². The number of carbonyl (C=O) groups excluding carboxylic acids is 1. The maximum absolute atomic E-state index is 13.9. The van der Waals surface area contributed by atoms with Gasteiger partial charge in [0, 0.05) is 17.8 Å². The van der Waals surface area contributed by atoms with E-state index in [1.54, 1.807) is 19.1 Å². The number of rotatable bonds is 5. The van der Waals surface area contributed by atoms with Crippen LogP contribution in [0.2, 0.25) is 0 Å². The quantitative estimate of drug-likeness (QED) is 0.696. The lowest BCUT2D eigenvalue weighted by molar-refractivity contribution is -0.139. The Kier molecular flexibility index (Phi) is 5.73. The largest absolute Gasteiger partial charge is 0.417 e. The van der Waals surface area contributed by atoms with E-state index < -0.39 is 49.1 Å². The first-order valence-electron chi connectivity index (χ1n) is 10.6. The van der Waals surface area contributed by atoms with E-state index in [-0.39, 0.29) is 24.8 Å². The van der Waals surface area contributed by atoms with E-state index in [1.165, 1.54) is 12.3 Å². The van der Waals surface area contributed by atoms with Gasteiger partial charge in [-0.15, -0.1) is 0 Å². The molecule has 33 heavy (non-hydrogen) atoms. The Balaban J connectivity index is 1.62. The van der Waals surface area contributed by atoms with E-state index in [0.717, 1.165) is 12.1 Å². The minimum absolute atomic E-state index is 0.0712. The second-order valence-electron chi connectivity index (χ2n) is 8.75. The highest BCUT2D eigenvalue weighted by Gasteiger charge is 2.48. The van der Waals surface area contributed by atoms with E-state index in [9.17, 15) is 26.4 Å². The second kappa shape index (κ2) is 8.13. The molecule has 2 saturated carbocycles. The fourth-order valence-corrected chi connectivity index (χ4v) is 6.30. The molecule has 10 heteroatoms. The van der Waals surface area contributed by atoms with Crippen molar-refractivity contribution >= 4 is 15.7 Å². The first-order valence-corrected chi connectivity index (χ1v) is 12.1. The van der Waals surface area contributed by atoms with Gasteiger partial charge >= 0.3 is 6.18 Å². The third-order valence-corrected chi connectivity index (χ3v) is 8.62. The number of aromatic nitrogens is 1. The van der Waals surface area contributed by atoms with Gasteiger partial charge in [0.2, 0.25) is 5.91 Å². The molecular weight excluding hydrogens is 455 g/mol. The Bertz CT molecular complexity index is 1250. The van der Waals surface area contributed by atoms with Crippen LogP contribution in [-0.4, -0.2) is 30.1 Å². The molecular formula is C23H22F3N3O3S. The molecule has 0 saturated heterocycles. The molecule has 174 valence electrons. The summed E-state index contributed by atoms with van der Waals surface area (Å²) < 4.78 is 68.2. The van der Waals surface area contributed by atoms with Gasteiger partial charge in [-0.2, -0.15) is 18.4 Å². The molecule has 0 unspecified atom stereocenters. The summed E-state index contributed by atoms with van der Waals surface area (Å²) in [4.78, 5) is 15.7. The zero-order chi connectivity index (χ0) is 24.0. The second-order valence-corrected chi connectivity index (χ2v) is 11.0. The molecule has 2 atom stereocenters. The van der Waals surface area contributed by atoms with E-state index in [0.29, 0.717) is 24.1 Å². The van der Waals surface area contributed by atoms with Crippen molar-refractivity contribution in [3.8, 4) is 17.2 Å². The summed E-state index contributed by atoms with van der Waals surface area (Å²) in [5.74, 6) is -1.06. The molecule has 6 nitrogen and oxygen atoms in total. The number of hydrogen-bond donors (Lipinski definition) is 1. The third-order valence-electron chi connectivity index (χ3n) is 6.34. The van der Waals surface area contributed by atoms with Crippen molar-refractivity contribution in [1.82, 2.24) is 10.3 Å². The van der Waals surface area contributed by atoms with Gasteiger partial charge in [-0.1, -0.05) is 6.07 Å². The average molecular weight is 478 g/mol. The van der Waals surface area contributed by atoms with E-state index in [1.807, 2.05) is 6.07 Å². The lowest BCUT2D eigenvalue weighted by atomic mass is 10.0. The van der Waals surface area contributed by atoms with Crippen molar-refractivity contribution in [1.29, 1.82) is 5.26 Å². The predicted octanol–water partition coefficient (Wildman–Crippen LogP) is 4.19. The third kappa shape index (κ3) is 4.60. The van der Waals surface area contributed by atoms with Crippen molar-refractivity contribution in [2.75, 3.05) is 0 Å². The smallest absolute Gasteiger partial charge is 0.338 e. The predicted molar refractivity (Wildman–Crippen MR) is 113 cm³/mol. The normalized spacial score (nSPS) is 21.9. The van der Waals surface area contributed by atoms with Crippen molar-refractivity contribution < 1.29 is 26.4 Å². The van der Waals surface area contributed by atoms with Gasteiger partial charge < -0.3 is 5.32 Å². The van der Waals surface area contributed by atoms with Crippen molar-refractivity contribution in [2.24, 2.45) is 5.92 Å². The Morgan fingerprint density at radius 2 is 1.88 bits per heavy atom. The Morgan fingerprint density at radius 3 is 2.48 bits per heavy atom. The van der Waals surface area contributed by atoms with E-state index in [2.05, 4.69) is 10.3 Å². The molecule has 0 aliphatic heterocycles. The van der Waals surface area contributed by atoms with Crippen LogP contribution in [0.1, 0.15) is 43.4 Å². The van der Waals surface area contributed by atoms with Crippen LogP contribution in [-0.2, 0) is 20.8 Å². The molecule has 2 fully saturated rings. The molecule has 1 aromatic carbocycles. The Morgan fingerprint density at radius 1 is 1.18 bits per heavy atom. The molecule has 2 aromatic rings. The number of alkyl halides is 3. The number of amides is 1. The number of hydrogen-bond acceptors (Lipinski definition) is 5. The van der Waals surface area contributed by atoms with Gasteiger partial charge in [0.1, 0.15) is 5.54 Å². The molecule has 1 aromatic heterocycles. The highest BCUT2D eigenvalue weighted by Crippen LogP contribution is 2.42. The molecule has 1 heterocycles. The first-order chi connectivity index (χ1) is 15.4. The summed E-state index contributed by atoms with van der Waals surface area (Å²) in [6, 6.07) is 8.44. The standard InChI is InChI=1S/C23H22F3N3O3S/c1-14-10-16(6-9-28-14)15-3-5-20(19(12-15)23(24,25)26)33(31,32)18-4-2-17(11-18)21(30)29-22(13-27)7-8-22/h3,5-6,9-10,12,17-18H,2,4,7-8,11H2,1H3,(H,29,30)/t17-,18-/m1/s1. The summed E-state index contributed by atoms with van der Waals surface area (Å²) in [6.07, 6.45) is -2.05. The maximum atomic E-state index is 13.9. The maximum Gasteiger partial charge on any atom is 0.417 e. The van der Waals surface area contributed by atoms with Gasteiger partial charge in [0.05, 0.1) is 21.8 Å². The zero-order valence-electron chi connectivity index (χ0n) is 17.8. The number of sulfone groups is 1. The number of aryl methyl sites for hydroxylation is 1. The number of nitrogens with zero attached hydrogens (tertiary/aromatic N) is 2. The van der Waals surface area contributed by atoms with E-state index >= 15 is 0 Å². The molecule has 2 aliphatic carbocycles. The minimum atomic E-state index is -4.87. The highest BCUT2D eigenvalue weighted by molar-refractivity contribution is 7.92. The molecule has 0 spiro atoms. The fraction of sp³-hybridized carbons (Fsp3) is 0.435. The molecule has 1 N–H and O–H groups in total. The summed E-state index contributed by atoms with van der Waals surface area (Å²) in [6.45, 7) is 1.71. The fourth-order valence-electron chi connectivity index (χ4n) is 4.27.